The summed E-state index contributed by atoms with van der Waals surface area (Å²) in [5.74, 6) is 2.65. The third-order valence-corrected chi connectivity index (χ3v) is 8.25. The van der Waals surface area contributed by atoms with Crippen molar-refractivity contribution in [2.24, 2.45) is 0 Å². The van der Waals surface area contributed by atoms with Gasteiger partial charge in [-0.05, 0) is 42.5 Å². The lowest BCUT2D eigenvalue weighted by molar-refractivity contribution is 0.307. The molecule has 54 heavy (non-hydrogen) atoms. The Morgan fingerprint density at radius 1 is 0.426 bits per heavy atom. The topological polar surface area (TPSA) is 184 Å². The van der Waals surface area contributed by atoms with Crippen LogP contribution in [0, 0.1) is 0 Å². The first-order valence-corrected chi connectivity index (χ1v) is 15.9. The zero-order chi connectivity index (χ0) is 39.3. The molecule has 0 unspecified atom stereocenters. The Bertz CT molecular complexity index is 2430. The molecule has 284 valence electrons. The van der Waals surface area contributed by atoms with Crippen LogP contribution in [-0.2, 0) is 0 Å². The number of phenolic OH excluding ortho intramolecular Hbond substituents is 2. The summed E-state index contributed by atoms with van der Waals surface area (Å²) in [4.78, 5) is 25.8. The van der Waals surface area contributed by atoms with Gasteiger partial charge in [0.2, 0.25) is 34.5 Å². The minimum absolute atomic E-state index is 0.0277. The van der Waals surface area contributed by atoms with Crippen LogP contribution in [0.15, 0.2) is 73.0 Å². The van der Waals surface area contributed by atoms with Gasteiger partial charge < -0.3 is 61.7 Å². The van der Waals surface area contributed by atoms with E-state index in [2.05, 4.69) is 0 Å². The molecule has 0 aliphatic carbocycles. The largest absolute Gasteiger partial charge is 0.508 e. The van der Waals surface area contributed by atoms with Gasteiger partial charge in [-0.2, -0.15) is 0 Å². The van der Waals surface area contributed by atoms with Crippen LogP contribution in [0.25, 0.3) is 44.6 Å². The van der Waals surface area contributed by atoms with E-state index >= 15 is 0 Å². The Morgan fingerprint density at radius 3 is 1.19 bits per heavy atom. The normalized spacial score (nSPS) is 10.6. The average molecular weight is 747 g/mol. The summed E-state index contributed by atoms with van der Waals surface area (Å²) in [6.07, 6.45) is 0. The van der Waals surface area contributed by atoms with Crippen LogP contribution in [-0.4, -0.2) is 74.2 Å². The van der Waals surface area contributed by atoms with Crippen molar-refractivity contribution < 1.29 is 61.7 Å². The van der Waals surface area contributed by atoms with Gasteiger partial charge >= 0.3 is 0 Å². The molecular weight excluding hydrogens is 708 g/mol. The molecule has 0 bridgehead atoms. The molecule has 0 radical (unpaired) electrons. The third-order valence-electron chi connectivity index (χ3n) is 8.25. The summed E-state index contributed by atoms with van der Waals surface area (Å²) in [6.45, 7) is 0. The van der Waals surface area contributed by atoms with E-state index in [9.17, 15) is 19.8 Å². The second-order valence-electron chi connectivity index (χ2n) is 11.1. The van der Waals surface area contributed by atoms with Gasteiger partial charge in [-0.1, -0.05) is 0 Å². The number of hydrogen-bond donors (Lipinski definition) is 2. The summed E-state index contributed by atoms with van der Waals surface area (Å²) >= 11 is 0. The van der Waals surface area contributed by atoms with Crippen LogP contribution in [0.1, 0.15) is 0 Å². The third kappa shape index (κ3) is 6.74. The van der Waals surface area contributed by atoms with Crippen molar-refractivity contribution in [1.82, 2.24) is 0 Å². The monoisotopic (exact) mass is 746 g/mol. The summed E-state index contributed by atoms with van der Waals surface area (Å²) in [6, 6.07) is 13.6. The maximum Gasteiger partial charge on any atom is 0.211 e. The van der Waals surface area contributed by atoms with E-state index in [1.54, 1.807) is 24.3 Å². The molecule has 0 saturated heterocycles. The first-order chi connectivity index (χ1) is 26.0. The summed E-state index contributed by atoms with van der Waals surface area (Å²) in [5, 5.41) is 19.6. The minimum atomic E-state index is -0.362. The number of phenols is 2. The van der Waals surface area contributed by atoms with Crippen molar-refractivity contribution in [3.8, 4) is 85.9 Å². The highest BCUT2D eigenvalue weighted by Gasteiger charge is 2.29. The van der Waals surface area contributed by atoms with E-state index in [0.29, 0.717) is 16.9 Å². The number of aromatic hydroxyl groups is 2. The van der Waals surface area contributed by atoms with E-state index in [1.807, 2.05) is 0 Å². The molecule has 15 nitrogen and oxygen atoms in total. The molecule has 0 saturated carbocycles. The van der Waals surface area contributed by atoms with Crippen molar-refractivity contribution in [2.75, 3.05) is 64.0 Å². The van der Waals surface area contributed by atoms with Crippen LogP contribution >= 0.6 is 0 Å². The Balaban J connectivity index is 0.000000208. The number of methoxy groups -OCH3 is 9. The van der Waals surface area contributed by atoms with Gasteiger partial charge in [0.15, 0.2) is 45.0 Å². The fourth-order valence-electron chi connectivity index (χ4n) is 5.83. The molecule has 2 heterocycles. The molecule has 0 aliphatic rings. The summed E-state index contributed by atoms with van der Waals surface area (Å²) < 4.78 is 60.2. The van der Waals surface area contributed by atoms with Crippen molar-refractivity contribution in [2.45, 2.75) is 0 Å². The SMILES string of the molecule is COc1c(OC)c(OC)c2c(=O)cc(-c3ccc(O)cc3)oc2c1OC.COc1cc(-c2cc(=O)c3c(OC)c(OC)c(OC)c(OC)c3o2)ccc1O. The smallest absolute Gasteiger partial charge is 0.211 e. The van der Waals surface area contributed by atoms with Gasteiger partial charge in [0.1, 0.15) is 28.0 Å². The molecule has 0 spiro atoms. The fourth-order valence-corrected chi connectivity index (χ4v) is 5.83. The van der Waals surface area contributed by atoms with Gasteiger partial charge in [0.05, 0.1) is 64.0 Å². The van der Waals surface area contributed by atoms with Crippen molar-refractivity contribution in [1.29, 1.82) is 0 Å². The molecule has 6 aromatic rings. The fraction of sp³-hybridized carbons (Fsp3) is 0.231. The maximum absolute atomic E-state index is 12.9. The first kappa shape index (κ1) is 38.3. The molecule has 15 heteroatoms. The zero-order valence-electron chi connectivity index (χ0n) is 30.9. The van der Waals surface area contributed by atoms with E-state index in [0.717, 1.165) is 0 Å². The number of benzene rings is 4. The second kappa shape index (κ2) is 16.2. The van der Waals surface area contributed by atoms with Crippen LogP contribution in [0.5, 0.6) is 63.2 Å². The minimum Gasteiger partial charge on any atom is -0.508 e. The van der Waals surface area contributed by atoms with Crippen molar-refractivity contribution >= 4 is 21.9 Å². The molecule has 0 atom stereocenters. The molecule has 2 N–H and O–H groups in total. The Morgan fingerprint density at radius 2 is 0.796 bits per heavy atom. The second-order valence-corrected chi connectivity index (χ2v) is 11.1. The lowest BCUT2D eigenvalue weighted by Gasteiger charge is -2.17. The van der Waals surface area contributed by atoms with E-state index in [-0.39, 0.29) is 102 Å². The van der Waals surface area contributed by atoms with E-state index < -0.39 is 0 Å². The van der Waals surface area contributed by atoms with Crippen LogP contribution in [0.4, 0.5) is 0 Å². The predicted octanol–water partition coefficient (Wildman–Crippen LogP) is 6.41. The highest BCUT2D eigenvalue weighted by atomic mass is 16.6. The Labute approximate surface area is 308 Å². The van der Waals surface area contributed by atoms with E-state index in [4.69, 9.17) is 51.5 Å². The molecule has 6 rings (SSSR count). The van der Waals surface area contributed by atoms with Gasteiger partial charge in [0.25, 0.3) is 0 Å². The number of rotatable bonds is 11. The number of hydrogen-bond acceptors (Lipinski definition) is 15. The van der Waals surface area contributed by atoms with Crippen molar-refractivity contribution in [3.63, 3.8) is 0 Å². The zero-order valence-corrected chi connectivity index (χ0v) is 30.9. The van der Waals surface area contributed by atoms with Gasteiger partial charge in [-0.15, -0.1) is 0 Å². The van der Waals surface area contributed by atoms with E-state index in [1.165, 1.54) is 94.3 Å². The molecule has 0 fully saturated rings. The Kier molecular flexibility index (Phi) is 11.5. The van der Waals surface area contributed by atoms with Gasteiger partial charge in [-0.3, -0.25) is 9.59 Å². The lowest BCUT2D eigenvalue weighted by atomic mass is 10.1. The van der Waals surface area contributed by atoms with Crippen LogP contribution in [0.2, 0.25) is 0 Å². The Hall–Kier alpha value is -6.90. The highest BCUT2D eigenvalue weighted by Crippen LogP contribution is 2.52. The molecule has 2 aromatic heterocycles. The number of ether oxygens (including phenoxy) is 9. The molecular formula is C39H38O15. The highest BCUT2D eigenvalue weighted by molar-refractivity contribution is 5.96. The summed E-state index contributed by atoms with van der Waals surface area (Å²) in [5.41, 5.74) is 0.788. The van der Waals surface area contributed by atoms with Crippen molar-refractivity contribution in [3.05, 3.63) is 75.0 Å². The molecule has 0 amide bonds. The van der Waals surface area contributed by atoms with Gasteiger partial charge in [-0.25, -0.2) is 0 Å². The standard InChI is InChI=1S/C20H20O8.C19H18O7/c1-23-14-8-10(6-7-11(14)21)13-9-12(22)15-16(24-2)18(25-3)20(27-5)19(26-4)17(15)28-13;1-22-15-14-12(21)9-13(10-5-7-11(20)8-6-10)26-16(14)18(24-3)19(25-4)17(15)23-2/h6-9,21H,1-5H3;5-9,20H,1-4H3. The van der Waals surface area contributed by atoms with Crippen LogP contribution < -0.4 is 53.5 Å². The summed E-state index contributed by atoms with van der Waals surface area (Å²) in [7, 11) is 12.9. The maximum atomic E-state index is 12.9. The van der Waals surface area contributed by atoms with Gasteiger partial charge in [0, 0.05) is 23.3 Å². The lowest BCUT2D eigenvalue weighted by Crippen LogP contribution is -2.07. The molecule has 0 aliphatic heterocycles. The molecule has 4 aromatic carbocycles. The average Bonchev–Trinajstić information content (AvgIpc) is 3.19. The first-order valence-electron chi connectivity index (χ1n) is 15.9. The van der Waals surface area contributed by atoms with Crippen LogP contribution in [0.3, 0.4) is 0 Å². The quantitative estimate of drug-likeness (QED) is 0.148. The number of fused-ring (bicyclic) bond motifs is 2. The predicted molar refractivity (Wildman–Crippen MR) is 198 cm³/mol.